The highest BCUT2D eigenvalue weighted by atomic mass is 35.5. The molecule has 5 nitrogen and oxygen atoms in total. The zero-order valence-electron chi connectivity index (χ0n) is 10.6. The molecule has 3 amide bonds. The Bertz CT molecular complexity index is 591. The smallest absolute Gasteiger partial charge is 0.315 e. The SMILES string of the molecule is O=C1NC[C@H](C(=O)N2CCc3c(ccc(Cl)c3Cl)C2)N1. The second-order valence-corrected chi connectivity index (χ2v) is 5.70. The number of halogens is 2. The van der Waals surface area contributed by atoms with Gasteiger partial charge in [0.15, 0.2) is 0 Å². The minimum Gasteiger partial charge on any atom is -0.336 e. The number of urea groups is 1. The van der Waals surface area contributed by atoms with Crippen LogP contribution in [0, 0.1) is 0 Å². The van der Waals surface area contributed by atoms with E-state index >= 15 is 0 Å². The first-order chi connectivity index (χ1) is 9.56. The molecule has 2 N–H and O–H groups in total. The van der Waals surface area contributed by atoms with Crippen LogP contribution in [0.25, 0.3) is 0 Å². The normalized spacial score (nSPS) is 21.2. The Morgan fingerprint density at radius 2 is 2.15 bits per heavy atom. The second kappa shape index (κ2) is 5.14. The van der Waals surface area contributed by atoms with Crippen molar-refractivity contribution in [3.8, 4) is 0 Å². The lowest BCUT2D eigenvalue weighted by atomic mass is 9.99. The lowest BCUT2D eigenvalue weighted by molar-refractivity contribution is -0.133. The van der Waals surface area contributed by atoms with E-state index in [0.717, 1.165) is 11.1 Å². The van der Waals surface area contributed by atoms with Crippen LogP contribution < -0.4 is 10.6 Å². The van der Waals surface area contributed by atoms with Crippen molar-refractivity contribution in [1.29, 1.82) is 0 Å². The summed E-state index contributed by atoms with van der Waals surface area (Å²) < 4.78 is 0. The molecule has 1 aromatic rings. The molecule has 3 rings (SSSR count). The molecule has 2 heterocycles. The first-order valence-corrected chi connectivity index (χ1v) is 7.11. The maximum atomic E-state index is 12.3. The highest BCUT2D eigenvalue weighted by molar-refractivity contribution is 6.42. The highest BCUT2D eigenvalue weighted by Gasteiger charge is 2.32. The van der Waals surface area contributed by atoms with Crippen LogP contribution in [0.15, 0.2) is 12.1 Å². The van der Waals surface area contributed by atoms with E-state index in [1.807, 2.05) is 6.07 Å². The zero-order chi connectivity index (χ0) is 14.3. The summed E-state index contributed by atoms with van der Waals surface area (Å²) in [5.41, 5.74) is 2.02. The number of hydrogen-bond acceptors (Lipinski definition) is 2. The van der Waals surface area contributed by atoms with Crippen LogP contribution in [-0.4, -0.2) is 36.0 Å². The predicted octanol–water partition coefficient (Wildman–Crippen LogP) is 1.56. The maximum Gasteiger partial charge on any atom is 0.315 e. The topological polar surface area (TPSA) is 61.4 Å². The highest BCUT2D eigenvalue weighted by Crippen LogP contribution is 2.32. The van der Waals surface area contributed by atoms with Crippen LogP contribution in [0.2, 0.25) is 10.0 Å². The molecule has 0 aliphatic carbocycles. The quantitative estimate of drug-likeness (QED) is 0.826. The van der Waals surface area contributed by atoms with Gasteiger partial charge in [0, 0.05) is 19.6 Å². The van der Waals surface area contributed by atoms with Crippen molar-refractivity contribution in [2.45, 2.75) is 19.0 Å². The molecule has 20 heavy (non-hydrogen) atoms. The molecule has 2 aliphatic rings. The van der Waals surface area contributed by atoms with E-state index in [1.165, 1.54) is 0 Å². The molecular weight excluding hydrogens is 301 g/mol. The third kappa shape index (κ3) is 2.31. The van der Waals surface area contributed by atoms with Gasteiger partial charge in [0.1, 0.15) is 6.04 Å². The summed E-state index contributed by atoms with van der Waals surface area (Å²) in [6.45, 7) is 1.41. The number of amides is 3. The van der Waals surface area contributed by atoms with E-state index in [9.17, 15) is 9.59 Å². The average Bonchev–Trinajstić information content (AvgIpc) is 2.88. The van der Waals surface area contributed by atoms with Crippen LogP contribution in [0.4, 0.5) is 4.79 Å². The third-order valence-electron chi connectivity index (χ3n) is 3.67. The number of nitrogens with zero attached hydrogens (tertiary/aromatic N) is 1. The number of carbonyl (C=O) groups excluding carboxylic acids is 2. The standard InChI is InChI=1S/C13H13Cl2N3O2/c14-9-2-1-7-6-18(4-3-8(7)11(9)15)12(19)10-5-16-13(20)17-10/h1-2,10H,3-6H2,(H2,16,17,20)/t10-/m1/s1. The van der Waals surface area contributed by atoms with Crippen molar-refractivity contribution in [1.82, 2.24) is 15.5 Å². The molecule has 1 saturated heterocycles. The molecule has 1 atom stereocenters. The number of benzene rings is 1. The van der Waals surface area contributed by atoms with Crippen LogP contribution in [0.5, 0.6) is 0 Å². The van der Waals surface area contributed by atoms with E-state index in [4.69, 9.17) is 23.2 Å². The minimum absolute atomic E-state index is 0.0694. The Kier molecular flexibility index (Phi) is 3.48. The van der Waals surface area contributed by atoms with Gasteiger partial charge in [-0.25, -0.2) is 4.79 Å². The molecule has 1 aromatic carbocycles. The molecule has 0 aromatic heterocycles. The summed E-state index contributed by atoms with van der Waals surface area (Å²) in [6, 6.07) is 2.87. The van der Waals surface area contributed by atoms with E-state index in [0.29, 0.717) is 36.1 Å². The van der Waals surface area contributed by atoms with Gasteiger partial charge in [0.2, 0.25) is 5.91 Å². The summed E-state index contributed by atoms with van der Waals surface area (Å²) in [7, 11) is 0. The molecular formula is C13H13Cl2N3O2. The van der Waals surface area contributed by atoms with Crippen molar-refractivity contribution in [3.05, 3.63) is 33.3 Å². The molecule has 0 spiro atoms. The van der Waals surface area contributed by atoms with Gasteiger partial charge >= 0.3 is 6.03 Å². The Morgan fingerprint density at radius 1 is 1.35 bits per heavy atom. The first-order valence-electron chi connectivity index (χ1n) is 6.35. The number of hydrogen-bond donors (Lipinski definition) is 2. The van der Waals surface area contributed by atoms with E-state index in [1.54, 1.807) is 11.0 Å². The molecule has 106 valence electrons. The van der Waals surface area contributed by atoms with Crippen molar-refractivity contribution >= 4 is 35.1 Å². The molecule has 0 radical (unpaired) electrons. The van der Waals surface area contributed by atoms with Crippen molar-refractivity contribution < 1.29 is 9.59 Å². The average molecular weight is 314 g/mol. The number of rotatable bonds is 1. The summed E-state index contributed by atoms with van der Waals surface area (Å²) >= 11 is 12.2. The molecule has 0 unspecified atom stereocenters. The van der Waals surface area contributed by atoms with Crippen LogP contribution in [0.1, 0.15) is 11.1 Å². The summed E-state index contributed by atoms with van der Waals surface area (Å²) in [4.78, 5) is 25.2. The number of carbonyl (C=O) groups is 2. The van der Waals surface area contributed by atoms with E-state index < -0.39 is 6.04 Å². The fourth-order valence-electron chi connectivity index (χ4n) is 2.60. The molecule has 0 bridgehead atoms. The molecule has 0 saturated carbocycles. The summed E-state index contributed by atoms with van der Waals surface area (Å²) in [5.74, 6) is -0.0694. The van der Waals surface area contributed by atoms with Gasteiger partial charge in [0.25, 0.3) is 0 Å². The summed E-state index contributed by atoms with van der Waals surface area (Å²) in [6.07, 6.45) is 0.675. The Hall–Kier alpha value is -1.46. The fourth-order valence-corrected chi connectivity index (χ4v) is 3.05. The lowest BCUT2D eigenvalue weighted by Gasteiger charge is -2.31. The first kappa shape index (κ1) is 13.5. The van der Waals surface area contributed by atoms with Gasteiger partial charge in [-0.1, -0.05) is 29.3 Å². The Balaban J connectivity index is 1.77. The number of nitrogens with one attached hydrogen (secondary N) is 2. The maximum absolute atomic E-state index is 12.3. The monoisotopic (exact) mass is 313 g/mol. The van der Waals surface area contributed by atoms with Gasteiger partial charge in [-0.15, -0.1) is 0 Å². The van der Waals surface area contributed by atoms with Gasteiger partial charge < -0.3 is 15.5 Å². The third-order valence-corrected chi connectivity index (χ3v) is 4.51. The zero-order valence-corrected chi connectivity index (χ0v) is 12.1. The van der Waals surface area contributed by atoms with Crippen LogP contribution >= 0.6 is 23.2 Å². The van der Waals surface area contributed by atoms with Crippen LogP contribution in [-0.2, 0) is 17.8 Å². The molecule has 1 fully saturated rings. The van der Waals surface area contributed by atoms with Crippen molar-refractivity contribution in [2.75, 3.05) is 13.1 Å². The van der Waals surface area contributed by atoms with E-state index in [-0.39, 0.29) is 11.9 Å². The largest absolute Gasteiger partial charge is 0.336 e. The van der Waals surface area contributed by atoms with Gasteiger partial charge in [-0.3, -0.25) is 4.79 Å². The van der Waals surface area contributed by atoms with Crippen molar-refractivity contribution in [3.63, 3.8) is 0 Å². The van der Waals surface area contributed by atoms with Crippen molar-refractivity contribution in [2.24, 2.45) is 0 Å². The fraction of sp³-hybridized carbons (Fsp3) is 0.385. The van der Waals surface area contributed by atoms with Gasteiger partial charge in [0.05, 0.1) is 10.0 Å². The molecule has 7 heteroatoms. The Morgan fingerprint density at radius 3 is 2.85 bits per heavy atom. The van der Waals surface area contributed by atoms with Gasteiger partial charge in [-0.2, -0.15) is 0 Å². The second-order valence-electron chi connectivity index (χ2n) is 4.92. The minimum atomic E-state index is -0.480. The lowest BCUT2D eigenvalue weighted by Crippen LogP contribution is -2.47. The van der Waals surface area contributed by atoms with Crippen LogP contribution in [0.3, 0.4) is 0 Å². The molecule has 2 aliphatic heterocycles. The Labute approximate surface area is 126 Å². The van der Waals surface area contributed by atoms with E-state index in [2.05, 4.69) is 10.6 Å². The summed E-state index contributed by atoms with van der Waals surface area (Å²) in [5, 5.41) is 6.31. The number of fused-ring (bicyclic) bond motifs is 1. The predicted molar refractivity (Wildman–Crippen MR) is 75.9 cm³/mol. The van der Waals surface area contributed by atoms with Gasteiger partial charge in [-0.05, 0) is 23.6 Å².